The molecule has 1 aromatic carbocycles. The molecule has 1 aliphatic rings. The van der Waals surface area contributed by atoms with E-state index in [0.29, 0.717) is 0 Å². The van der Waals surface area contributed by atoms with Gasteiger partial charge < -0.3 is 15.5 Å². The third kappa shape index (κ3) is 2.76. The van der Waals surface area contributed by atoms with Crippen LogP contribution in [0, 0.1) is 17.3 Å². The second-order valence-electron chi connectivity index (χ2n) is 5.72. The summed E-state index contributed by atoms with van der Waals surface area (Å²) in [5.41, 5.74) is -0.781. The number of aromatic carboxylic acids is 1. The van der Waals surface area contributed by atoms with Gasteiger partial charge in [0.25, 0.3) is 0 Å². The molecular weight excluding hydrogens is 333 g/mol. The minimum Gasteiger partial charge on any atom is -0.481 e. The van der Waals surface area contributed by atoms with E-state index in [1.165, 1.54) is 6.07 Å². The Balaban J connectivity index is 2.25. The van der Waals surface area contributed by atoms with E-state index in [9.17, 15) is 14.4 Å². The fraction of sp³-hybridized carbons (Fsp3) is 0.357. The summed E-state index contributed by atoms with van der Waals surface area (Å²) in [6.07, 6.45) is 0. The first-order valence-corrected chi connectivity index (χ1v) is 7.09. The molecule has 1 saturated carbocycles. The number of anilines is 1. The monoisotopic (exact) mass is 345 g/mol. The Morgan fingerprint density at radius 2 is 1.68 bits per heavy atom. The van der Waals surface area contributed by atoms with E-state index in [-0.39, 0.29) is 21.3 Å². The highest BCUT2D eigenvalue weighted by atomic mass is 35.5. The van der Waals surface area contributed by atoms with Gasteiger partial charge in [-0.15, -0.1) is 0 Å². The maximum Gasteiger partial charge on any atom is 0.337 e. The predicted molar refractivity (Wildman–Crippen MR) is 80.4 cm³/mol. The number of hydrogen-bond donors (Lipinski definition) is 3. The van der Waals surface area contributed by atoms with Gasteiger partial charge in [-0.3, -0.25) is 9.59 Å². The molecule has 3 N–H and O–H groups in total. The lowest BCUT2D eigenvalue weighted by Gasteiger charge is -2.10. The number of rotatable bonds is 4. The van der Waals surface area contributed by atoms with Crippen molar-refractivity contribution < 1.29 is 24.6 Å². The van der Waals surface area contributed by atoms with E-state index in [4.69, 9.17) is 33.4 Å². The summed E-state index contributed by atoms with van der Waals surface area (Å²) in [5.74, 6) is -4.30. The molecule has 0 spiro atoms. The number of carboxylic acids is 2. The molecule has 22 heavy (non-hydrogen) atoms. The van der Waals surface area contributed by atoms with Crippen molar-refractivity contribution in [2.75, 3.05) is 5.32 Å². The van der Waals surface area contributed by atoms with Crippen LogP contribution in [-0.4, -0.2) is 28.1 Å². The molecule has 0 aromatic heterocycles. The summed E-state index contributed by atoms with van der Waals surface area (Å²) in [7, 11) is 0. The zero-order valence-corrected chi connectivity index (χ0v) is 13.2. The van der Waals surface area contributed by atoms with Gasteiger partial charge in [-0.05, 0) is 17.5 Å². The third-order valence-electron chi connectivity index (χ3n) is 3.92. The van der Waals surface area contributed by atoms with Crippen molar-refractivity contribution in [1.29, 1.82) is 0 Å². The van der Waals surface area contributed by atoms with Crippen LogP contribution in [0.3, 0.4) is 0 Å². The van der Waals surface area contributed by atoms with E-state index >= 15 is 0 Å². The predicted octanol–water partition coefficient (Wildman–Crippen LogP) is 2.99. The molecule has 1 aliphatic carbocycles. The molecule has 6 nitrogen and oxygen atoms in total. The molecule has 2 atom stereocenters. The van der Waals surface area contributed by atoms with Gasteiger partial charge in [0.1, 0.15) is 0 Å². The van der Waals surface area contributed by atoms with Crippen LogP contribution in [0.1, 0.15) is 24.2 Å². The number of hydrogen-bond acceptors (Lipinski definition) is 3. The smallest absolute Gasteiger partial charge is 0.337 e. The summed E-state index contributed by atoms with van der Waals surface area (Å²) in [6, 6.07) is 2.37. The van der Waals surface area contributed by atoms with E-state index in [2.05, 4.69) is 5.32 Å². The van der Waals surface area contributed by atoms with E-state index in [1.807, 2.05) is 0 Å². The lowest BCUT2D eigenvalue weighted by molar-refractivity contribution is -0.140. The van der Waals surface area contributed by atoms with Gasteiger partial charge in [-0.25, -0.2) is 4.79 Å². The van der Waals surface area contributed by atoms with Gasteiger partial charge in [-0.2, -0.15) is 0 Å². The first-order chi connectivity index (χ1) is 10.1. The van der Waals surface area contributed by atoms with Crippen LogP contribution in [-0.2, 0) is 9.59 Å². The van der Waals surface area contributed by atoms with Crippen LogP contribution in [0.15, 0.2) is 12.1 Å². The van der Waals surface area contributed by atoms with Crippen molar-refractivity contribution in [2.45, 2.75) is 13.8 Å². The Labute approximate surface area is 136 Å². The minimum atomic E-state index is -1.26. The number of aliphatic carboxylic acids is 1. The van der Waals surface area contributed by atoms with Gasteiger partial charge in [0.05, 0.1) is 33.1 Å². The van der Waals surface area contributed by atoms with Crippen LogP contribution in [0.4, 0.5) is 5.69 Å². The molecule has 8 heteroatoms. The number of nitrogens with one attached hydrogen (secondary N) is 1. The first kappa shape index (κ1) is 16.6. The fourth-order valence-electron chi connectivity index (χ4n) is 2.61. The molecule has 0 saturated heterocycles. The average molecular weight is 346 g/mol. The lowest BCUT2D eigenvalue weighted by Crippen LogP contribution is -2.18. The lowest BCUT2D eigenvalue weighted by atomic mass is 10.1. The van der Waals surface area contributed by atoms with Gasteiger partial charge >= 0.3 is 11.9 Å². The maximum absolute atomic E-state index is 12.2. The van der Waals surface area contributed by atoms with Gasteiger partial charge in [0.15, 0.2) is 0 Å². The molecule has 0 radical (unpaired) electrons. The Morgan fingerprint density at radius 1 is 1.09 bits per heavy atom. The molecule has 2 rings (SSSR count). The molecule has 0 heterocycles. The Bertz CT molecular complexity index is 686. The molecule has 1 aromatic rings. The second kappa shape index (κ2) is 5.44. The average Bonchev–Trinajstić information content (AvgIpc) is 2.95. The van der Waals surface area contributed by atoms with E-state index in [1.54, 1.807) is 13.8 Å². The van der Waals surface area contributed by atoms with Gasteiger partial charge in [0.2, 0.25) is 5.91 Å². The van der Waals surface area contributed by atoms with Crippen molar-refractivity contribution in [1.82, 2.24) is 0 Å². The number of carbonyl (C=O) groups is 3. The van der Waals surface area contributed by atoms with Gasteiger partial charge in [0, 0.05) is 0 Å². The van der Waals surface area contributed by atoms with E-state index in [0.717, 1.165) is 6.07 Å². The van der Waals surface area contributed by atoms with Crippen LogP contribution in [0.25, 0.3) is 0 Å². The highest BCUT2D eigenvalue weighted by molar-refractivity contribution is 6.38. The molecule has 0 bridgehead atoms. The normalized spacial score (nSPS) is 22.0. The SMILES string of the molecule is CC1(C)[C@H](C(=O)Nc2cc(C(=O)O)c(Cl)cc2Cl)[C@@H]1C(=O)O. The first-order valence-electron chi connectivity index (χ1n) is 6.33. The summed E-state index contributed by atoms with van der Waals surface area (Å²) in [4.78, 5) is 34.4. The molecule has 0 aliphatic heterocycles. The van der Waals surface area contributed by atoms with E-state index < -0.39 is 35.1 Å². The minimum absolute atomic E-state index is 0.0503. The highest BCUT2D eigenvalue weighted by Gasteiger charge is 2.65. The standard InChI is InChI=1S/C14H13Cl2NO5/c1-14(2)9(10(14)13(21)22)11(18)17-8-3-5(12(19)20)6(15)4-7(8)16/h3-4,9-10H,1-2H3,(H,17,18)(H,19,20)(H,21,22)/t9-,10+/m0/s1. The highest BCUT2D eigenvalue weighted by Crippen LogP contribution is 2.58. The summed E-state index contributed by atoms with van der Waals surface area (Å²) in [5, 5.41) is 20.6. The van der Waals surface area contributed by atoms with Gasteiger partial charge in [-0.1, -0.05) is 37.0 Å². The molecule has 1 amide bonds. The molecule has 118 valence electrons. The number of carbonyl (C=O) groups excluding carboxylic acids is 1. The molecule has 0 unspecified atom stereocenters. The zero-order chi connectivity index (χ0) is 16.8. The second-order valence-corrected chi connectivity index (χ2v) is 6.54. The fourth-order valence-corrected chi connectivity index (χ4v) is 3.12. The Kier molecular flexibility index (Phi) is 4.10. The summed E-state index contributed by atoms with van der Waals surface area (Å²) >= 11 is 11.7. The van der Waals surface area contributed by atoms with Crippen molar-refractivity contribution in [2.24, 2.45) is 17.3 Å². The van der Waals surface area contributed by atoms with Crippen LogP contribution in [0.2, 0.25) is 10.0 Å². The van der Waals surface area contributed by atoms with Crippen molar-refractivity contribution in [3.63, 3.8) is 0 Å². The summed E-state index contributed by atoms with van der Waals surface area (Å²) in [6.45, 7) is 3.37. The molecule has 1 fully saturated rings. The Morgan fingerprint density at radius 3 is 2.14 bits per heavy atom. The maximum atomic E-state index is 12.2. The largest absolute Gasteiger partial charge is 0.481 e. The topological polar surface area (TPSA) is 104 Å². The van der Waals surface area contributed by atoms with Crippen LogP contribution in [0.5, 0.6) is 0 Å². The number of carboxylic acid groups (broad SMARTS) is 2. The molecular formula is C14H13Cl2NO5. The quantitative estimate of drug-likeness (QED) is 0.778. The van der Waals surface area contributed by atoms with Crippen molar-refractivity contribution >= 4 is 46.7 Å². The zero-order valence-electron chi connectivity index (χ0n) is 11.7. The summed E-state index contributed by atoms with van der Waals surface area (Å²) < 4.78 is 0. The number of benzene rings is 1. The number of amides is 1. The third-order valence-corrected chi connectivity index (χ3v) is 4.55. The van der Waals surface area contributed by atoms with Crippen LogP contribution >= 0.6 is 23.2 Å². The van der Waals surface area contributed by atoms with Crippen LogP contribution < -0.4 is 5.32 Å². The Hall–Kier alpha value is -1.79. The van der Waals surface area contributed by atoms with Crippen molar-refractivity contribution in [3.8, 4) is 0 Å². The van der Waals surface area contributed by atoms with Crippen molar-refractivity contribution in [3.05, 3.63) is 27.7 Å². The number of halogens is 2.